The van der Waals surface area contributed by atoms with Crippen LogP contribution in [-0.2, 0) is 5.92 Å². The fraction of sp³-hybridized carbons (Fsp3) is 0.375. The molecule has 7 heteroatoms. The van der Waals surface area contributed by atoms with Crippen molar-refractivity contribution in [2.45, 2.75) is 19.0 Å². The van der Waals surface area contributed by atoms with Crippen LogP contribution in [0.2, 0.25) is 0 Å². The van der Waals surface area contributed by atoms with Gasteiger partial charge in [0.05, 0.1) is 0 Å². The Kier molecular flexibility index (Phi) is 2.83. The van der Waals surface area contributed by atoms with Gasteiger partial charge in [0.15, 0.2) is 0 Å². The summed E-state index contributed by atoms with van der Waals surface area (Å²) < 4.78 is 62.0. The molecule has 0 aromatic carbocycles. The molecule has 1 rings (SSSR count). The van der Waals surface area contributed by atoms with Crippen molar-refractivity contribution in [1.82, 2.24) is 9.78 Å². The Labute approximate surface area is 82.0 Å². The highest BCUT2D eigenvalue weighted by Crippen LogP contribution is 2.42. The molecule has 0 aliphatic rings. The van der Waals surface area contributed by atoms with Gasteiger partial charge in [-0.25, -0.2) is 4.68 Å². The molecule has 1 heterocycles. The molecule has 0 aliphatic carbocycles. The van der Waals surface area contributed by atoms with Crippen LogP contribution in [0, 0.1) is 0 Å². The number of halogens is 5. The normalized spacial score (nSPS) is 13.7. The number of nitrogens with zero attached hydrogens (tertiary/aromatic N) is 2. The lowest BCUT2D eigenvalue weighted by atomic mass is 10.2. The first-order valence-corrected chi connectivity index (χ1v) is 3.92. The third-order valence-electron chi connectivity index (χ3n) is 1.59. The Morgan fingerprint density at radius 2 is 1.87 bits per heavy atom. The Morgan fingerprint density at radius 1 is 1.27 bits per heavy atom. The second kappa shape index (κ2) is 3.63. The molecule has 2 nitrogen and oxygen atoms in total. The van der Waals surface area contributed by atoms with Crippen LogP contribution in [-0.4, -0.2) is 16.0 Å². The van der Waals surface area contributed by atoms with E-state index in [4.69, 9.17) is 0 Å². The second-order valence-electron chi connectivity index (χ2n) is 2.74. The molecule has 15 heavy (non-hydrogen) atoms. The van der Waals surface area contributed by atoms with E-state index in [9.17, 15) is 22.0 Å². The summed E-state index contributed by atoms with van der Waals surface area (Å²) in [4.78, 5) is 0. The number of hydrogen-bond acceptors (Lipinski definition) is 1. The van der Waals surface area contributed by atoms with Crippen LogP contribution < -0.4 is 0 Å². The molecule has 0 unspecified atom stereocenters. The predicted octanol–water partition coefficient (Wildman–Crippen LogP) is 3.03. The van der Waals surface area contributed by atoms with Crippen LogP contribution >= 0.6 is 0 Å². The molecule has 0 saturated carbocycles. The molecule has 1 aromatic rings. The highest BCUT2D eigenvalue weighted by Gasteiger charge is 2.60. The number of allylic oxidation sites excluding steroid dienone is 1. The van der Waals surface area contributed by atoms with Gasteiger partial charge in [-0.3, -0.25) is 0 Å². The minimum absolute atomic E-state index is 0.632. The van der Waals surface area contributed by atoms with Crippen LogP contribution in [0.4, 0.5) is 22.0 Å². The summed E-state index contributed by atoms with van der Waals surface area (Å²) in [6.45, 7) is 1.59. The lowest BCUT2D eigenvalue weighted by Gasteiger charge is -2.16. The smallest absolute Gasteiger partial charge is 0.248 e. The van der Waals surface area contributed by atoms with Crippen molar-refractivity contribution in [2.24, 2.45) is 0 Å². The zero-order valence-corrected chi connectivity index (χ0v) is 7.59. The molecule has 84 valence electrons. The highest BCUT2D eigenvalue weighted by molar-refractivity contribution is 5.21. The van der Waals surface area contributed by atoms with E-state index >= 15 is 0 Å². The predicted molar refractivity (Wildman–Crippen MR) is 43.2 cm³/mol. The minimum atomic E-state index is -5.62. The molecule has 0 bridgehead atoms. The highest BCUT2D eigenvalue weighted by atomic mass is 19.4. The van der Waals surface area contributed by atoms with Crippen LogP contribution in [0.15, 0.2) is 18.3 Å². The van der Waals surface area contributed by atoms with Crippen LogP contribution in [0.1, 0.15) is 12.6 Å². The van der Waals surface area contributed by atoms with Crippen molar-refractivity contribution in [3.8, 4) is 0 Å². The zero-order chi connectivity index (χ0) is 11.7. The Bertz CT molecular complexity index is 363. The lowest BCUT2D eigenvalue weighted by Crippen LogP contribution is -2.34. The number of hydrogen-bond donors (Lipinski definition) is 0. The fourth-order valence-corrected chi connectivity index (χ4v) is 0.886. The summed E-state index contributed by atoms with van der Waals surface area (Å²) in [7, 11) is 0. The van der Waals surface area contributed by atoms with Crippen molar-refractivity contribution in [1.29, 1.82) is 0 Å². The summed E-state index contributed by atoms with van der Waals surface area (Å²) >= 11 is 0. The van der Waals surface area contributed by atoms with Crippen LogP contribution in [0.5, 0.6) is 0 Å². The van der Waals surface area contributed by atoms with Gasteiger partial charge < -0.3 is 0 Å². The molecular weight excluding hydrogens is 219 g/mol. The molecule has 0 radical (unpaired) electrons. The average molecular weight is 226 g/mol. The molecular formula is C8H7F5N2. The third-order valence-corrected chi connectivity index (χ3v) is 1.59. The quantitative estimate of drug-likeness (QED) is 0.708. The standard InChI is InChI=1S/C8H7F5N2/c1-2-4-15-5-3-6(14-15)7(9,10)8(11,12)13/h2-5H,1H3. The van der Waals surface area contributed by atoms with E-state index < -0.39 is 17.8 Å². The van der Waals surface area contributed by atoms with Gasteiger partial charge >= 0.3 is 12.1 Å². The number of alkyl halides is 5. The van der Waals surface area contributed by atoms with E-state index in [0.717, 1.165) is 10.9 Å². The third kappa shape index (κ3) is 2.16. The maximum Gasteiger partial charge on any atom is 0.459 e. The van der Waals surface area contributed by atoms with E-state index in [-0.39, 0.29) is 0 Å². The van der Waals surface area contributed by atoms with Crippen LogP contribution in [0.25, 0.3) is 6.20 Å². The summed E-state index contributed by atoms with van der Waals surface area (Å²) in [6.07, 6.45) is -1.88. The average Bonchev–Trinajstić information content (AvgIpc) is 2.51. The van der Waals surface area contributed by atoms with E-state index in [2.05, 4.69) is 5.10 Å². The van der Waals surface area contributed by atoms with Crippen molar-refractivity contribution < 1.29 is 22.0 Å². The first-order chi connectivity index (χ1) is 6.79. The van der Waals surface area contributed by atoms with Crippen molar-refractivity contribution in [3.63, 3.8) is 0 Å². The van der Waals surface area contributed by atoms with Gasteiger partial charge in [-0.15, -0.1) is 0 Å². The maximum absolute atomic E-state index is 12.7. The van der Waals surface area contributed by atoms with E-state index in [1.54, 1.807) is 6.92 Å². The van der Waals surface area contributed by atoms with Crippen LogP contribution in [0.3, 0.4) is 0 Å². The Balaban J connectivity index is 3.06. The van der Waals surface area contributed by atoms with Gasteiger partial charge in [0.25, 0.3) is 0 Å². The topological polar surface area (TPSA) is 17.8 Å². The SMILES string of the molecule is CC=Cn1ccc(C(F)(F)C(F)(F)F)n1. The number of aromatic nitrogens is 2. The van der Waals surface area contributed by atoms with Crippen molar-refractivity contribution in [2.75, 3.05) is 0 Å². The Morgan fingerprint density at radius 3 is 2.33 bits per heavy atom. The zero-order valence-electron chi connectivity index (χ0n) is 7.59. The van der Waals surface area contributed by atoms with Gasteiger partial charge in [-0.1, -0.05) is 6.08 Å². The van der Waals surface area contributed by atoms with Gasteiger partial charge in [-0.05, 0) is 13.0 Å². The van der Waals surface area contributed by atoms with Gasteiger partial charge in [-0.2, -0.15) is 27.1 Å². The molecule has 0 saturated heterocycles. The number of rotatable bonds is 2. The molecule has 0 spiro atoms. The van der Waals surface area contributed by atoms with E-state index in [0.29, 0.717) is 6.07 Å². The minimum Gasteiger partial charge on any atom is -0.248 e. The second-order valence-corrected chi connectivity index (χ2v) is 2.74. The van der Waals surface area contributed by atoms with Gasteiger partial charge in [0, 0.05) is 12.4 Å². The van der Waals surface area contributed by atoms with E-state index in [1.807, 2.05) is 0 Å². The first-order valence-electron chi connectivity index (χ1n) is 3.92. The summed E-state index contributed by atoms with van der Waals surface area (Å²) in [5.74, 6) is -4.92. The maximum atomic E-state index is 12.7. The first kappa shape index (κ1) is 11.7. The monoisotopic (exact) mass is 226 g/mol. The van der Waals surface area contributed by atoms with E-state index in [1.165, 1.54) is 12.3 Å². The molecule has 0 amide bonds. The largest absolute Gasteiger partial charge is 0.459 e. The Hall–Kier alpha value is -1.40. The van der Waals surface area contributed by atoms with Crippen molar-refractivity contribution in [3.05, 3.63) is 24.0 Å². The lowest BCUT2D eigenvalue weighted by molar-refractivity contribution is -0.291. The molecule has 0 aliphatic heterocycles. The summed E-state index contributed by atoms with van der Waals surface area (Å²) in [5.41, 5.74) is -1.31. The van der Waals surface area contributed by atoms with Gasteiger partial charge in [0.1, 0.15) is 5.69 Å². The summed E-state index contributed by atoms with van der Waals surface area (Å²) in [5, 5.41) is 3.10. The molecule has 0 N–H and O–H groups in total. The fourth-order valence-electron chi connectivity index (χ4n) is 0.886. The van der Waals surface area contributed by atoms with Crippen molar-refractivity contribution >= 4 is 6.20 Å². The molecule has 0 fully saturated rings. The molecule has 1 aromatic heterocycles. The van der Waals surface area contributed by atoms with Gasteiger partial charge in [0.2, 0.25) is 0 Å². The molecule has 0 atom stereocenters. The summed E-state index contributed by atoms with van der Waals surface area (Å²) in [6, 6.07) is 0.632.